The lowest BCUT2D eigenvalue weighted by Gasteiger charge is -2.25. The molecule has 0 unspecified atom stereocenters. The third-order valence-electron chi connectivity index (χ3n) is 2.00. The molecule has 15 heavy (non-hydrogen) atoms. The minimum atomic E-state index is -2.52. The molecule has 0 heterocycles. The maximum atomic E-state index is 5.43. The molecule has 0 rings (SSSR count). The van der Waals surface area contributed by atoms with E-state index in [2.05, 4.69) is 0 Å². The van der Waals surface area contributed by atoms with Crippen LogP contribution in [-0.4, -0.2) is 42.5 Å². The Hall–Kier alpha value is 0.0169. The summed E-state index contributed by atoms with van der Waals surface area (Å²) in [5, 5.41) is 0. The van der Waals surface area contributed by atoms with Crippen molar-refractivity contribution in [2.75, 3.05) is 27.6 Å². The Bertz CT molecular complexity index is 153. The molecule has 0 aliphatic heterocycles. The van der Waals surface area contributed by atoms with E-state index in [-0.39, 0.29) is 12.8 Å². The van der Waals surface area contributed by atoms with Gasteiger partial charge in [-0.1, -0.05) is 0 Å². The second kappa shape index (κ2) is 8.20. The Morgan fingerprint density at radius 2 is 1.80 bits per heavy atom. The van der Waals surface area contributed by atoms with Gasteiger partial charge in [0.25, 0.3) is 0 Å². The summed E-state index contributed by atoms with van der Waals surface area (Å²) in [5.74, 6) is 0. The largest absolute Gasteiger partial charge is 0.501 e. The molecule has 0 bridgehead atoms. The molecule has 0 aromatic carbocycles. The summed E-state index contributed by atoms with van der Waals surface area (Å²) >= 11 is 0. The summed E-state index contributed by atoms with van der Waals surface area (Å²) in [4.78, 5) is 0. The van der Waals surface area contributed by atoms with Crippen molar-refractivity contribution < 1.29 is 18.0 Å². The fourth-order valence-electron chi connectivity index (χ4n) is 1.21. The van der Waals surface area contributed by atoms with E-state index in [1.807, 2.05) is 13.8 Å². The van der Waals surface area contributed by atoms with Gasteiger partial charge < -0.3 is 23.7 Å². The van der Waals surface area contributed by atoms with Crippen LogP contribution in [0, 0.1) is 0 Å². The second-order valence-corrected chi connectivity index (χ2v) is 6.40. The quantitative estimate of drug-likeness (QED) is 0.368. The number of rotatable bonds is 9. The van der Waals surface area contributed by atoms with E-state index in [1.165, 1.54) is 0 Å². The fraction of sp³-hybridized carbons (Fsp3) is 1.00. The van der Waals surface area contributed by atoms with E-state index in [4.69, 9.17) is 23.7 Å². The van der Waals surface area contributed by atoms with Crippen LogP contribution in [0.2, 0.25) is 6.04 Å². The average molecular weight is 237 g/mol. The van der Waals surface area contributed by atoms with Gasteiger partial charge in [0.2, 0.25) is 0 Å². The van der Waals surface area contributed by atoms with Gasteiger partial charge in [0.15, 0.2) is 0 Å². The van der Waals surface area contributed by atoms with Crippen molar-refractivity contribution in [3.05, 3.63) is 0 Å². The first kappa shape index (κ1) is 15.0. The van der Waals surface area contributed by atoms with Gasteiger partial charge in [-0.25, -0.2) is 0 Å². The maximum Gasteiger partial charge on any atom is 0.501 e. The highest BCUT2D eigenvalue weighted by molar-refractivity contribution is 6.60. The lowest BCUT2D eigenvalue weighted by molar-refractivity contribution is 0.0683. The third kappa shape index (κ3) is 6.24. The van der Waals surface area contributed by atoms with Crippen molar-refractivity contribution in [3.63, 3.8) is 0 Å². The molecule has 0 radical (unpaired) electrons. The van der Waals surface area contributed by atoms with Crippen LogP contribution < -0.4 is 5.73 Å². The van der Waals surface area contributed by atoms with Crippen LogP contribution in [0.25, 0.3) is 0 Å². The Morgan fingerprint density at radius 1 is 1.20 bits per heavy atom. The topological polar surface area (TPSA) is 62.9 Å². The van der Waals surface area contributed by atoms with Crippen LogP contribution >= 0.6 is 0 Å². The molecule has 0 fully saturated rings. The highest BCUT2D eigenvalue weighted by Crippen LogP contribution is 2.15. The minimum Gasteiger partial charge on any atom is -0.379 e. The highest BCUT2D eigenvalue weighted by Gasteiger charge is 2.37. The maximum absolute atomic E-state index is 5.43. The van der Waals surface area contributed by atoms with Crippen LogP contribution in [0.3, 0.4) is 0 Å². The van der Waals surface area contributed by atoms with Crippen molar-refractivity contribution in [2.45, 2.75) is 32.4 Å². The minimum absolute atomic E-state index is 0.124. The Balaban J connectivity index is 3.84. The molecule has 0 amide bonds. The second-order valence-electron chi connectivity index (χ2n) is 3.43. The molecule has 92 valence electrons. The van der Waals surface area contributed by atoms with Gasteiger partial charge >= 0.3 is 8.80 Å². The monoisotopic (exact) mass is 237 g/mol. The first-order valence-corrected chi connectivity index (χ1v) is 7.09. The molecule has 0 spiro atoms. The summed E-state index contributed by atoms with van der Waals surface area (Å²) in [6.45, 7) is 4.83. The fourth-order valence-corrected chi connectivity index (χ4v) is 3.00. The molecule has 0 aromatic heterocycles. The van der Waals surface area contributed by atoms with Gasteiger partial charge in [0, 0.05) is 26.9 Å². The molecule has 5 nitrogen and oxygen atoms in total. The summed E-state index contributed by atoms with van der Waals surface area (Å²) < 4.78 is 21.4. The zero-order chi connectivity index (χ0) is 11.7. The molecule has 0 atom stereocenters. The average Bonchev–Trinajstić information content (AvgIpc) is 2.22. The summed E-state index contributed by atoms with van der Waals surface area (Å²) in [5.41, 5.74) is 5.34. The number of hydrogen-bond donors (Lipinski definition) is 1. The van der Waals surface area contributed by atoms with Crippen LogP contribution in [-0.2, 0) is 18.0 Å². The highest BCUT2D eigenvalue weighted by atomic mass is 28.4. The van der Waals surface area contributed by atoms with Crippen molar-refractivity contribution in [2.24, 2.45) is 5.73 Å². The van der Waals surface area contributed by atoms with Crippen molar-refractivity contribution in [1.82, 2.24) is 0 Å². The Kier molecular flexibility index (Phi) is 8.21. The summed E-state index contributed by atoms with van der Waals surface area (Å²) in [7, 11) is 0.663. The Labute approximate surface area is 93.2 Å². The molecule has 0 aliphatic rings. The first-order valence-electron chi connectivity index (χ1n) is 5.16. The molecular weight excluding hydrogens is 214 g/mol. The Morgan fingerprint density at radius 3 is 2.20 bits per heavy atom. The van der Waals surface area contributed by atoms with Crippen LogP contribution in [0.15, 0.2) is 0 Å². The first-order chi connectivity index (χ1) is 7.10. The molecule has 0 aromatic rings. The predicted molar refractivity (Wildman–Crippen MR) is 60.4 cm³/mol. The zero-order valence-electron chi connectivity index (χ0n) is 10.1. The lowest BCUT2D eigenvalue weighted by atomic mass is 10.4. The molecule has 0 saturated carbocycles. The van der Waals surface area contributed by atoms with Crippen molar-refractivity contribution >= 4 is 8.80 Å². The SMILES string of the molecule is CO[Si](CCCOC(C)C)(OC)OCN. The molecule has 0 saturated heterocycles. The van der Waals surface area contributed by atoms with Gasteiger partial charge in [0.1, 0.15) is 0 Å². The van der Waals surface area contributed by atoms with Crippen LogP contribution in [0.5, 0.6) is 0 Å². The lowest BCUT2D eigenvalue weighted by Crippen LogP contribution is -2.45. The normalized spacial score (nSPS) is 12.4. The summed E-state index contributed by atoms with van der Waals surface area (Å²) in [6, 6.07) is 0.726. The molecular formula is C9H23NO4Si. The van der Waals surface area contributed by atoms with E-state index < -0.39 is 8.80 Å². The number of ether oxygens (including phenoxy) is 1. The van der Waals surface area contributed by atoms with E-state index >= 15 is 0 Å². The van der Waals surface area contributed by atoms with Gasteiger partial charge in [-0.05, 0) is 20.3 Å². The summed E-state index contributed by atoms with van der Waals surface area (Å²) in [6.07, 6.45) is 1.10. The third-order valence-corrected chi connectivity index (χ3v) is 4.82. The van der Waals surface area contributed by atoms with Gasteiger partial charge in [0.05, 0.1) is 12.8 Å². The van der Waals surface area contributed by atoms with Gasteiger partial charge in [-0.3, -0.25) is 0 Å². The van der Waals surface area contributed by atoms with Gasteiger partial charge in [-0.2, -0.15) is 0 Å². The smallest absolute Gasteiger partial charge is 0.379 e. The van der Waals surface area contributed by atoms with E-state index in [1.54, 1.807) is 14.2 Å². The standard InChI is InChI=1S/C9H23NO4Si/c1-9(2)13-6-5-7-15(11-3,12-4)14-8-10/h9H,5-8,10H2,1-4H3. The predicted octanol–water partition coefficient (Wildman–Crippen LogP) is 0.966. The molecule has 0 aliphatic carbocycles. The van der Waals surface area contributed by atoms with Crippen LogP contribution in [0.1, 0.15) is 20.3 Å². The number of nitrogens with two attached hydrogens (primary N) is 1. The van der Waals surface area contributed by atoms with E-state index in [0.717, 1.165) is 12.5 Å². The molecule has 2 N–H and O–H groups in total. The van der Waals surface area contributed by atoms with Crippen molar-refractivity contribution in [1.29, 1.82) is 0 Å². The van der Waals surface area contributed by atoms with E-state index in [0.29, 0.717) is 6.61 Å². The van der Waals surface area contributed by atoms with Crippen LogP contribution in [0.4, 0.5) is 0 Å². The van der Waals surface area contributed by atoms with E-state index in [9.17, 15) is 0 Å². The van der Waals surface area contributed by atoms with Gasteiger partial charge in [-0.15, -0.1) is 0 Å². The molecule has 6 heteroatoms. The number of hydrogen-bond acceptors (Lipinski definition) is 5. The zero-order valence-corrected chi connectivity index (χ0v) is 11.1. The van der Waals surface area contributed by atoms with Crippen molar-refractivity contribution in [3.8, 4) is 0 Å².